The third kappa shape index (κ3) is 16.5. The first-order valence-corrected chi connectivity index (χ1v) is 21.7. The van der Waals surface area contributed by atoms with Crippen LogP contribution < -0.4 is 15.4 Å². The van der Waals surface area contributed by atoms with Crippen molar-refractivity contribution in [3.8, 4) is 5.75 Å². The van der Waals surface area contributed by atoms with E-state index in [-0.39, 0.29) is 30.6 Å². The SMILES string of the molecule is CCN(CC)CCc1cccc(NC(=O)COCCN(C)S(=O)(=O)c2c(C)cc(OC)cc2C)c1.CCN(CC)CCc1cccc(NC)c1.CI. The van der Waals surface area contributed by atoms with Gasteiger partial charge in [-0.15, -0.1) is 0 Å². The number of hydrogen-bond donors (Lipinski definition) is 2. The standard InChI is InChI=1S/C26H39N3O5S.C13H22N2.CH3I/c1-7-29(8-2)13-12-22-10-9-11-23(18-22)27-25(30)19-34-15-14-28(5)35(31,32)26-20(3)16-24(33-6)17-21(26)4;1-4-15(5-2)10-9-12-7-6-8-13(11-12)14-3;1-2/h9-11,16-18H,7-8,12-15,19H2,1-6H3,(H,27,30);6-8,11,14H,4-5,9-10H2,1-3H3;1H3. The molecule has 0 fully saturated rings. The summed E-state index contributed by atoms with van der Waals surface area (Å²) >= 11 is 2.15. The fourth-order valence-electron chi connectivity index (χ4n) is 5.61. The molecule has 0 aliphatic carbocycles. The number of nitrogens with one attached hydrogen (secondary N) is 2. The highest BCUT2D eigenvalue weighted by Gasteiger charge is 2.25. The number of anilines is 2. The maximum Gasteiger partial charge on any atom is 0.250 e. The number of nitrogens with zero attached hydrogens (tertiary/aromatic N) is 3. The highest BCUT2D eigenvalue weighted by Crippen LogP contribution is 2.27. The van der Waals surface area contributed by atoms with Crippen molar-refractivity contribution in [1.82, 2.24) is 14.1 Å². The van der Waals surface area contributed by atoms with E-state index < -0.39 is 10.0 Å². The van der Waals surface area contributed by atoms with Crippen LogP contribution in [0.4, 0.5) is 11.4 Å². The lowest BCUT2D eigenvalue weighted by atomic mass is 10.1. The molecule has 0 aliphatic rings. The van der Waals surface area contributed by atoms with Crippen molar-refractivity contribution in [1.29, 1.82) is 0 Å². The zero-order valence-corrected chi connectivity index (χ0v) is 36.2. The van der Waals surface area contributed by atoms with E-state index in [0.29, 0.717) is 16.9 Å². The molecule has 3 aromatic carbocycles. The van der Waals surface area contributed by atoms with Gasteiger partial charge < -0.3 is 29.9 Å². The van der Waals surface area contributed by atoms with Gasteiger partial charge in [-0.05, 0) is 116 Å². The number of methoxy groups -OCH3 is 1. The number of rotatable bonds is 20. The van der Waals surface area contributed by atoms with E-state index in [0.717, 1.165) is 63.4 Å². The molecule has 2 N–H and O–H groups in total. The van der Waals surface area contributed by atoms with Crippen molar-refractivity contribution in [2.75, 3.05) is 95.8 Å². The van der Waals surface area contributed by atoms with Crippen LogP contribution in [0.1, 0.15) is 49.9 Å². The summed E-state index contributed by atoms with van der Waals surface area (Å²) in [6.07, 6.45) is 2.05. The number of hydrogen-bond acceptors (Lipinski definition) is 8. The Hall–Kier alpha value is -2.75. The molecule has 292 valence electrons. The summed E-state index contributed by atoms with van der Waals surface area (Å²) in [5, 5.41) is 6.02. The van der Waals surface area contributed by atoms with Gasteiger partial charge in [0.2, 0.25) is 15.9 Å². The van der Waals surface area contributed by atoms with Crippen molar-refractivity contribution in [3.63, 3.8) is 0 Å². The molecule has 1 amide bonds. The average Bonchev–Trinajstić information content (AvgIpc) is 3.15. The molecular formula is C40H64IN5O5S. The molecular weight excluding hydrogens is 789 g/mol. The second-order valence-corrected chi connectivity index (χ2v) is 14.2. The Bertz CT molecular complexity index is 1540. The number of sulfonamides is 1. The number of likely N-dealkylation sites (N-methyl/N-ethyl adjacent to an activating group) is 3. The molecule has 0 saturated heterocycles. The molecule has 3 aromatic rings. The average molecular weight is 854 g/mol. The van der Waals surface area contributed by atoms with Crippen LogP contribution in [-0.2, 0) is 32.4 Å². The molecule has 0 bridgehead atoms. The summed E-state index contributed by atoms with van der Waals surface area (Å²) in [4.78, 5) is 19.3. The Labute approximate surface area is 328 Å². The van der Waals surface area contributed by atoms with Crippen LogP contribution in [0.5, 0.6) is 5.75 Å². The zero-order chi connectivity index (χ0) is 39.1. The Balaban J connectivity index is 0.000000661. The van der Waals surface area contributed by atoms with E-state index in [2.05, 4.69) is 101 Å². The van der Waals surface area contributed by atoms with Gasteiger partial charge in [-0.3, -0.25) is 4.79 Å². The minimum atomic E-state index is -3.70. The Morgan fingerprint density at radius 1 is 0.769 bits per heavy atom. The summed E-state index contributed by atoms with van der Waals surface area (Å²) in [5.74, 6) is 0.337. The van der Waals surface area contributed by atoms with Gasteiger partial charge in [-0.1, -0.05) is 74.6 Å². The molecule has 0 aromatic heterocycles. The summed E-state index contributed by atoms with van der Waals surface area (Å²) in [7, 11) is 1.31. The molecule has 0 atom stereocenters. The predicted molar refractivity (Wildman–Crippen MR) is 227 cm³/mol. The molecule has 0 radical (unpaired) electrons. The second-order valence-electron chi connectivity index (χ2n) is 12.2. The van der Waals surface area contributed by atoms with Gasteiger partial charge in [-0.25, -0.2) is 8.42 Å². The van der Waals surface area contributed by atoms with Crippen LogP contribution in [0.3, 0.4) is 0 Å². The van der Waals surface area contributed by atoms with Gasteiger partial charge in [0.05, 0.1) is 18.6 Å². The topological polar surface area (TPSA) is 103 Å². The van der Waals surface area contributed by atoms with Gasteiger partial charge in [-0.2, -0.15) is 4.31 Å². The van der Waals surface area contributed by atoms with Crippen LogP contribution in [0.25, 0.3) is 0 Å². The van der Waals surface area contributed by atoms with E-state index in [1.807, 2.05) is 30.2 Å². The molecule has 3 rings (SSSR count). The number of ether oxygens (including phenoxy) is 2. The lowest BCUT2D eigenvalue weighted by molar-refractivity contribution is -0.120. The van der Waals surface area contributed by atoms with Crippen LogP contribution in [0.2, 0.25) is 0 Å². The fourth-order valence-corrected chi connectivity index (χ4v) is 7.17. The largest absolute Gasteiger partial charge is 0.497 e. The van der Waals surface area contributed by atoms with Crippen molar-refractivity contribution < 1.29 is 22.7 Å². The van der Waals surface area contributed by atoms with Crippen LogP contribution in [-0.4, -0.2) is 114 Å². The predicted octanol–water partition coefficient (Wildman–Crippen LogP) is 7.14. The third-order valence-electron chi connectivity index (χ3n) is 8.77. The lowest BCUT2D eigenvalue weighted by Crippen LogP contribution is -2.32. The molecule has 12 heteroatoms. The van der Waals surface area contributed by atoms with Crippen LogP contribution in [0, 0.1) is 13.8 Å². The van der Waals surface area contributed by atoms with Crippen molar-refractivity contribution in [2.45, 2.75) is 59.3 Å². The van der Waals surface area contributed by atoms with Gasteiger partial charge in [0.1, 0.15) is 12.4 Å². The zero-order valence-electron chi connectivity index (χ0n) is 33.2. The Kier molecular flexibility index (Phi) is 23.7. The van der Waals surface area contributed by atoms with Crippen molar-refractivity contribution in [3.05, 3.63) is 82.9 Å². The maximum absolute atomic E-state index is 13.1. The summed E-state index contributed by atoms with van der Waals surface area (Å²) < 4.78 is 38.0. The first-order chi connectivity index (χ1) is 24.9. The minimum Gasteiger partial charge on any atom is -0.497 e. The monoisotopic (exact) mass is 853 g/mol. The Morgan fingerprint density at radius 2 is 1.25 bits per heavy atom. The first kappa shape index (κ1) is 47.3. The number of amides is 1. The minimum absolute atomic E-state index is 0.0985. The van der Waals surface area contributed by atoms with E-state index in [1.165, 1.54) is 22.6 Å². The van der Waals surface area contributed by atoms with Gasteiger partial charge >= 0.3 is 0 Å². The number of benzene rings is 3. The van der Waals surface area contributed by atoms with Gasteiger partial charge in [0.15, 0.2) is 0 Å². The number of carbonyl (C=O) groups excluding carboxylic acids is 1. The lowest BCUT2D eigenvalue weighted by Gasteiger charge is -2.20. The second kappa shape index (κ2) is 26.1. The smallest absolute Gasteiger partial charge is 0.250 e. The molecule has 10 nitrogen and oxygen atoms in total. The van der Waals surface area contributed by atoms with Crippen LogP contribution >= 0.6 is 22.6 Å². The van der Waals surface area contributed by atoms with Gasteiger partial charge in [0.25, 0.3) is 0 Å². The first-order valence-electron chi connectivity index (χ1n) is 18.1. The molecule has 0 aliphatic heterocycles. The molecule has 52 heavy (non-hydrogen) atoms. The molecule has 0 heterocycles. The molecule has 0 unspecified atom stereocenters. The Morgan fingerprint density at radius 3 is 1.71 bits per heavy atom. The van der Waals surface area contributed by atoms with E-state index in [9.17, 15) is 13.2 Å². The fraction of sp³-hybridized carbons (Fsp3) is 0.525. The normalized spacial score (nSPS) is 11.1. The number of halogens is 1. The number of alkyl halides is 1. The summed E-state index contributed by atoms with van der Waals surface area (Å²) in [6.45, 7) is 18.7. The van der Waals surface area contributed by atoms with Crippen molar-refractivity contribution >= 4 is 49.9 Å². The molecule has 0 spiro atoms. The highest BCUT2D eigenvalue weighted by atomic mass is 127. The van der Waals surface area contributed by atoms with Gasteiger partial charge in [0, 0.05) is 45.1 Å². The van der Waals surface area contributed by atoms with Crippen molar-refractivity contribution in [2.24, 2.45) is 0 Å². The highest BCUT2D eigenvalue weighted by molar-refractivity contribution is 14.1. The number of carbonyl (C=O) groups is 1. The number of aryl methyl sites for hydroxylation is 2. The van der Waals surface area contributed by atoms with E-state index in [4.69, 9.17) is 9.47 Å². The molecule has 0 saturated carbocycles. The quantitative estimate of drug-likeness (QED) is 0.0704. The maximum atomic E-state index is 13.1. The summed E-state index contributed by atoms with van der Waals surface area (Å²) in [6, 6.07) is 19.8. The van der Waals surface area contributed by atoms with Crippen LogP contribution in [0.15, 0.2) is 65.6 Å². The van der Waals surface area contributed by atoms with E-state index >= 15 is 0 Å². The third-order valence-corrected chi connectivity index (χ3v) is 10.9. The summed E-state index contributed by atoms with van der Waals surface area (Å²) in [5.41, 5.74) is 5.73. The van der Waals surface area contributed by atoms with E-state index in [1.54, 1.807) is 33.1 Å².